The first-order chi connectivity index (χ1) is 13.4. The summed E-state index contributed by atoms with van der Waals surface area (Å²) in [5.74, 6) is -2.13. The Kier molecular flexibility index (Phi) is 5.55. The summed E-state index contributed by atoms with van der Waals surface area (Å²) in [6.45, 7) is 0. The number of hydrogen-bond acceptors (Lipinski definition) is 5. The van der Waals surface area contributed by atoms with Gasteiger partial charge in [-0.15, -0.1) is 11.3 Å². The predicted octanol–water partition coefficient (Wildman–Crippen LogP) is 3.03. The number of nitrogens with zero attached hydrogens (tertiary/aromatic N) is 1. The number of nitrogens with two attached hydrogens (primary N) is 1. The van der Waals surface area contributed by atoms with Crippen LogP contribution in [-0.2, 0) is 4.79 Å². The molecule has 3 rings (SSSR count). The second-order valence-electron chi connectivity index (χ2n) is 5.87. The zero-order chi connectivity index (χ0) is 20.3. The predicted molar refractivity (Wildman–Crippen MR) is 101 cm³/mol. The summed E-state index contributed by atoms with van der Waals surface area (Å²) in [6.07, 6.45) is 1.38. The largest absolute Gasteiger partial charge is 0.459 e. The van der Waals surface area contributed by atoms with Gasteiger partial charge in [0.15, 0.2) is 5.76 Å². The van der Waals surface area contributed by atoms with Crippen LogP contribution in [0.3, 0.4) is 0 Å². The third-order valence-corrected chi connectivity index (χ3v) is 4.93. The standard InChI is InChI=1S/C19H16FN3O4S/c1-23(16(17(21)24)11-4-2-5-12(20)10-11)19(26)14-7-8-15(28-14)22-18(25)13-6-3-9-27-13/h2-10,16H,1H3,(H2,21,24)(H,22,25). The number of nitrogens with one attached hydrogen (secondary N) is 1. The molecule has 0 saturated heterocycles. The quantitative estimate of drug-likeness (QED) is 0.662. The van der Waals surface area contributed by atoms with Crippen LogP contribution in [0.5, 0.6) is 0 Å². The van der Waals surface area contributed by atoms with Gasteiger partial charge in [-0.05, 0) is 42.0 Å². The van der Waals surface area contributed by atoms with Crippen molar-refractivity contribution in [1.82, 2.24) is 4.90 Å². The molecule has 1 aromatic carbocycles. The summed E-state index contributed by atoms with van der Waals surface area (Å²) >= 11 is 1.03. The molecule has 3 amide bonds. The van der Waals surface area contributed by atoms with Gasteiger partial charge in [0.2, 0.25) is 5.91 Å². The topological polar surface area (TPSA) is 106 Å². The third-order valence-electron chi connectivity index (χ3n) is 3.94. The SMILES string of the molecule is CN(C(=O)c1ccc(NC(=O)c2ccco2)s1)C(C(N)=O)c1cccc(F)c1. The molecule has 1 atom stereocenters. The number of carbonyl (C=O) groups excluding carboxylic acids is 3. The molecule has 0 aliphatic heterocycles. The minimum Gasteiger partial charge on any atom is -0.459 e. The number of thiophene rings is 1. The second kappa shape index (κ2) is 8.05. The summed E-state index contributed by atoms with van der Waals surface area (Å²) in [6, 6.07) is 10.4. The van der Waals surface area contributed by atoms with E-state index < -0.39 is 29.6 Å². The summed E-state index contributed by atoms with van der Waals surface area (Å²) < 4.78 is 18.5. The molecule has 0 aliphatic carbocycles. The third kappa shape index (κ3) is 4.09. The van der Waals surface area contributed by atoms with Gasteiger partial charge in [-0.2, -0.15) is 0 Å². The van der Waals surface area contributed by atoms with E-state index in [1.807, 2.05) is 0 Å². The maximum absolute atomic E-state index is 13.5. The second-order valence-corrected chi connectivity index (χ2v) is 6.96. The van der Waals surface area contributed by atoms with Gasteiger partial charge in [-0.1, -0.05) is 12.1 Å². The zero-order valence-electron chi connectivity index (χ0n) is 14.7. The van der Waals surface area contributed by atoms with Crippen molar-refractivity contribution < 1.29 is 23.2 Å². The number of hydrogen-bond donors (Lipinski definition) is 2. The lowest BCUT2D eigenvalue weighted by Crippen LogP contribution is -2.38. The van der Waals surface area contributed by atoms with Crippen molar-refractivity contribution in [2.45, 2.75) is 6.04 Å². The average molecular weight is 401 g/mol. The minimum atomic E-state index is -1.13. The Morgan fingerprint density at radius 3 is 2.61 bits per heavy atom. The molecule has 28 heavy (non-hydrogen) atoms. The minimum absolute atomic E-state index is 0.137. The number of halogens is 1. The highest BCUT2D eigenvalue weighted by atomic mass is 32.1. The van der Waals surface area contributed by atoms with E-state index in [1.165, 1.54) is 43.6 Å². The fourth-order valence-corrected chi connectivity index (χ4v) is 3.53. The Labute approximate surface area is 163 Å². The van der Waals surface area contributed by atoms with Crippen LogP contribution in [0.25, 0.3) is 0 Å². The number of amides is 3. The molecule has 0 saturated carbocycles. The molecule has 3 aromatic rings. The molecule has 3 N–H and O–H groups in total. The van der Waals surface area contributed by atoms with Gasteiger partial charge in [0, 0.05) is 7.05 Å². The molecule has 0 fully saturated rings. The molecule has 0 aliphatic rings. The highest BCUT2D eigenvalue weighted by Crippen LogP contribution is 2.27. The van der Waals surface area contributed by atoms with Crippen molar-refractivity contribution in [2.24, 2.45) is 5.73 Å². The number of benzene rings is 1. The van der Waals surface area contributed by atoms with Crippen LogP contribution in [0, 0.1) is 5.82 Å². The maximum atomic E-state index is 13.5. The fraction of sp³-hybridized carbons (Fsp3) is 0.105. The van der Waals surface area contributed by atoms with Crippen LogP contribution in [0.15, 0.2) is 59.2 Å². The molecule has 0 bridgehead atoms. The molecular weight excluding hydrogens is 385 g/mol. The van der Waals surface area contributed by atoms with Crippen molar-refractivity contribution in [3.8, 4) is 0 Å². The molecule has 0 spiro atoms. The molecule has 9 heteroatoms. The van der Waals surface area contributed by atoms with Gasteiger partial charge >= 0.3 is 0 Å². The number of primary amides is 1. The first-order valence-corrected chi connectivity index (χ1v) is 8.95. The molecule has 1 unspecified atom stereocenters. The van der Waals surface area contributed by atoms with Crippen molar-refractivity contribution in [3.63, 3.8) is 0 Å². The van der Waals surface area contributed by atoms with E-state index in [-0.39, 0.29) is 16.2 Å². The molecule has 7 nitrogen and oxygen atoms in total. The fourth-order valence-electron chi connectivity index (χ4n) is 2.65. The van der Waals surface area contributed by atoms with E-state index >= 15 is 0 Å². The van der Waals surface area contributed by atoms with E-state index in [0.717, 1.165) is 22.3 Å². The van der Waals surface area contributed by atoms with Gasteiger partial charge in [0.1, 0.15) is 11.9 Å². The van der Waals surface area contributed by atoms with Crippen LogP contribution in [0.2, 0.25) is 0 Å². The van der Waals surface area contributed by atoms with Crippen LogP contribution < -0.4 is 11.1 Å². The molecular formula is C19H16FN3O4S. The van der Waals surface area contributed by atoms with Crippen molar-refractivity contribution >= 4 is 34.1 Å². The monoisotopic (exact) mass is 401 g/mol. The summed E-state index contributed by atoms with van der Waals surface area (Å²) in [5.41, 5.74) is 5.71. The summed E-state index contributed by atoms with van der Waals surface area (Å²) in [5, 5.41) is 3.05. The number of furan rings is 1. The Hall–Kier alpha value is -3.46. The Balaban J connectivity index is 1.78. The van der Waals surface area contributed by atoms with Gasteiger partial charge in [0.25, 0.3) is 11.8 Å². The lowest BCUT2D eigenvalue weighted by molar-refractivity contribution is -0.122. The summed E-state index contributed by atoms with van der Waals surface area (Å²) in [7, 11) is 1.41. The average Bonchev–Trinajstić information content (AvgIpc) is 3.33. The number of likely N-dealkylation sites (N-methyl/N-ethyl adjacent to an activating group) is 1. The smallest absolute Gasteiger partial charge is 0.291 e. The van der Waals surface area contributed by atoms with Crippen molar-refractivity contribution in [2.75, 3.05) is 12.4 Å². The van der Waals surface area contributed by atoms with Gasteiger partial charge < -0.3 is 20.4 Å². The number of anilines is 1. The summed E-state index contributed by atoms with van der Waals surface area (Å²) in [4.78, 5) is 38.1. The van der Waals surface area contributed by atoms with E-state index in [0.29, 0.717) is 5.00 Å². The van der Waals surface area contributed by atoms with E-state index in [1.54, 1.807) is 12.1 Å². The molecule has 2 aromatic heterocycles. The van der Waals surface area contributed by atoms with Crippen molar-refractivity contribution in [1.29, 1.82) is 0 Å². The zero-order valence-corrected chi connectivity index (χ0v) is 15.5. The van der Waals surface area contributed by atoms with E-state index in [9.17, 15) is 18.8 Å². The maximum Gasteiger partial charge on any atom is 0.291 e. The van der Waals surface area contributed by atoms with Crippen LogP contribution in [0.1, 0.15) is 31.8 Å². The van der Waals surface area contributed by atoms with Gasteiger partial charge in [-0.25, -0.2) is 4.39 Å². The van der Waals surface area contributed by atoms with Crippen molar-refractivity contribution in [3.05, 3.63) is 76.8 Å². The van der Waals surface area contributed by atoms with Crippen LogP contribution in [-0.4, -0.2) is 29.7 Å². The molecule has 144 valence electrons. The molecule has 0 radical (unpaired) electrons. The number of carbonyl (C=O) groups is 3. The Bertz CT molecular complexity index is 1020. The normalized spacial score (nSPS) is 11.6. The lowest BCUT2D eigenvalue weighted by Gasteiger charge is -2.25. The van der Waals surface area contributed by atoms with E-state index in [2.05, 4.69) is 5.32 Å². The first kappa shape index (κ1) is 19.3. The Morgan fingerprint density at radius 1 is 1.18 bits per heavy atom. The van der Waals surface area contributed by atoms with Crippen LogP contribution in [0.4, 0.5) is 9.39 Å². The highest BCUT2D eigenvalue weighted by Gasteiger charge is 2.28. The van der Waals surface area contributed by atoms with E-state index in [4.69, 9.17) is 10.2 Å². The number of rotatable bonds is 6. The highest BCUT2D eigenvalue weighted by molar-refractivity contribution is 7.18. The Morgan fingerprint density at radius 2 is 1.96 bits per heavy atom. The first-order valence-electron chi connectivity index (χ1n) is 8.13. The lowest BCUT2D eigenvalue weighted by atomic mass is 10.0. The van der Waals surface area contributed by atoms with Gasteiger partial charge in [0.05, 0.1) is 16.1 Å². The molecule has 2 heterocycles. The van der Waals surface area contributed by atoms with Gasteiger partial charge in [-0.3, -0.25) is 14.4 Å². The van der Waals surface area contributed by atoms with Crippen LogP contribution >= 0.6 is 11.3 Å².